The van der Waals surface area contributed by atoms with Gasteiger partial charge in [0.25, 0.3) is 11.1 Å². The molecule has 0 amide bonds. The molecule has 0 bridgehead atoms. The molecule has 0 fully saturated rings. The molecular formula is C24H19F7N6O3. The minimum Gasteiger partial charge on any atom is -0.402 e. The molecule has 16 heteroatoms. The third-order valence-corrected chi connectivity index (χ3v) is 5.74. The molecule has 3 aromatic heterocycles. The molecule has 4 aromatic rings. The zero-order valence-corrected chi connectivity index (χ0v) is 20.4. The van der Waals surface area contributed by atoms with Gasteiger partial charge >= 0.3 is 12.5 Å². The van der Waals surface area contributed by atoms with Crippen molar-refractivity contribution in [2.24, 2.45) is 0 Å². The molecule has 0 aliphatic carbocycles. The van der Waals surface area contributed by atoms with Gasteiger partial charge in [0.1, 0.15) is 11.4 Å². The minimum absolute atomic E-state index is 0.0244. The standard InChI is InChI=1S/C24H19F7N6O3/c1-12(35-18-11-34-36-21(38)19(18)23(26,27)28)3-2-5-37-6-4-13-7-16(17(25)8-15(13)22(37)39)20-32-9-14(10-33-20)40-24(29,30)31/h4,6-12H,2-3,5H2,1H3,(H2,35,36,38). The highest BCUT2D eigenvalue weighted by atomic mass is 19.4. The van der Waals surface area contributed by atoms with E-state index >= 15 is 0 Å². The Hall–Kier alpha value is -4.50. The van der Waals surface area contributed by atoms with Crippen molar-refractivity contribution in [3.63, 3.8) is 0 Å². The van der Waals surface area contributed by atoms with Crippen molar-refractivity contribution < 1.29 is 35.5 Å². The van der Waals surface area contributed by atoms with Crippen molar-refractivity contribution in [1.82, 2.24) is 24.7 Å². The predicted octanol–water partition coefficient (Wildman–Crippen LogP) is 4.88. The van der Waals surface area contributed by atoms with Crippen molar-refractivity contribution in [3.8, 4) is 17.1 Å². The smallest absolute Gasteiger partial charge is 0.402 e. The van der Waals surface area contributed by atoms with E-state index in [1.165, 1.54) is 22.9 Å². The van der Waals surface area contributed by atoms with Crippen molar-refractivity contribution in [3.05, 3.63) is 75.1 Å². The number of pyridine rings is 1. The topological polar surface area (TPSA) is 115 Å². The maximum Gasteiger partial charge on any atom is 0.573 e. The minimum atomic E-state index is -4.94. The lowest BCUT2D eigenvalue weighted by atomic mass is 10.1. The van der Waals surface area contributed by atoms with Crippen LogP contribution in [0, 0.1) is 5.82 Å². The number of benzene rings is 1. The number of hydrogen-bond donors (Lipinski definition) is 2. The van der Waals surface area contributed by atoms with Crippen LogP contribution in [0.1, 0.15) is 25.3 Å². The van der Waals surface area contributed by atoms with Crippen LogP contribution in [0.25, 0.3) is 22.2 Å². The second kappa shape index (κ2) is 10.9. The summed E-state index contributed by atoms with van der Waals surface area (Å²) < 4.78 is 96.5. The lowest BCUT2D eigenvalue weighted by Crippen LogP contribution is -2.27. The lowest BCUT2D eigenvalue weighted by molar-refractivity contribution is -0.274. The Morgan fingerprint density at radius 1 is 1.07 bits per heavy atom. The van der Waals surface area contributed by atoms with Gasteiger partial charge in [-0.3, -0.25) is 9.59 Å². The number of aromatic amines is 1. The summed E-state index contributed by atoms with van der Waals surface area (Å²) in [4.78, 5) is 31.9. The largest absolute Gasteiger partial charge is 0.573 e. The number of aryl methyl sites for hydroxylation is 1. The number of anilines is 1. The Labute approximate surface area is 219 Å². The maximum absolute atomic E-state index is 14.8. The summed E-state index contributed by atoms with van der Waals surface area (Å²) in [6.45, 7) is 1.76. The summed E-state index contributed by atoms with van der Waals surface area (Å²) in [5, 5.41) is 8.12. The Morgan fingerprint density at radius 2 is 1.77 bits per heavy atom. The van der Waals surface area contributed by atoms with E-state index in [4.69, 9.17) is 0 Å². The predicted molar refractivity (Wildman–Crippen MR) is 128 cm³/mol. The highest BCUT2D eigenvalue weighted by Crippen LogP contribution is 2.32. The number of H-pyrrole nitrogens is 1. The number of ether oxygens (including phenoxy) is 1. The van der Waals surface area contributed by atoms with E-state index in [1.807, 2.05) is 0 Å². The quantitative estimate of drug-likeness (QED) is 0.289. The number of halogens is 7. The van der Waals surface area contributed by atoms with Crippen molar-refractivity contribution >= 4 is 16.5 Å². The van der Waals surface area contributed by atoms with Crippen molar-refractivity contribution in [2.75, 3.05) is 5.32 Å². The molecular weight excluding hydrogens is 553 g/mol. The van der Waals surface area contributed by atoms with Crippen molar-refractivity contribution in [1.29, 1.82) is 0 Å². The summed E-state index contributed by atoms with van der Waals surface area (Å²) in [5.41, 5.74) is -3.91. The van der Waals surface area contributed by atoms with Gasteiger partial charge in [0.15, 0.2) is 11.6 Å². The molecule has 3 heterocycles. The molecule has 1 aromatic carbocycles. The van der Waals surface area contributed by atoms with Gasteiger partial charge in [-0.15, -0.1) is 13.2 Å². The zero-order chi connectivity index (χ0) is 29.2. The molecule has 0 saturated heterocycles. The molecule has 9 nitrogen and oxygen atoms in total. The van der Waals surface area contributed by atoms with Gasteiger partial charge in [-0.05, 0) is 43.4 Å². The first-order valence-electron chi connectivity index (χ1n) is 11.5. The van der Waals surface area contributed by atoms with Crippen LogP contribution in [-0.2, 0) is 12.7 Å². The third-order valence-electron chi connectivity index (χ3n) is 5.74. The second-order valence-corrected chi connectivity index (χ2v) is 8.70. The average Bonchev–Trinajstić information content (AvgIpc) is 2.84. The van der Waals surface area contributed by atoms with E-state index in [2.05, 4.69) is 25.1 Å². The molecule has 0 radical (unpaired) electrons. The number of rotatable bonds is 8. The van der Waals surface area contributed by atoms with E-state index in [-0.39, 0.29) is 23.3 Å². The van der Waals surface area contributed by atoms with E-state index < -0.39 is 52.5 Å². The second-order valence-electron chi connectivity index (χ2n) is 8.70. The van der Waals surface area contributed by atoms with Crippen LogP contribution in [0.15, 0.2) is 52.6 Å². The Morgan fingerprint density at radius 3 is 2.42 bits per heavy atom. The molecule has 0 aliphatic heterocycles. The number of hydrogen-bond acceptors (Lipinski definition) is 7. The molecule has 4 rings (SSSR count). The van der Waals surface area contributed by atoms with E-state index in [1.54, 1.807) is 12.0 Å². The molecule has 212 valence electrons. The Bertz CT molecular complexity index is 1630. The number of fused-ring (bicyclic) bond motifs is 1. The molecule has 40 heavy (non-hydrogen) atoms. The van der Waals surface area contributed by atoms with Crippen molar-refractivity contribution in [2.45, 2.75) is 44.9 Å². The van der Waals surface area contributed by atoms with Crippen LogP contribution in [0.2, 0.25) is 0 Å². The van der Waals surface area contributed by atoms with Gasteiger partial charge in [-0.2, -0.15) is 18.3 Å². The molecule has 1 unspecified atom stereocenters. The van der Waals surface area contributed by atoms with Gasteiger partial charge in [0.2, 0.25) is 0 Å². The first-order valence-corrected chi connectivity index (χ1v) is 11.5. The summed E-state index contributed by atoms with van der Waals surface area (Å²) in [6, 6.07) is 3.26. The lowest BCUT2D eigenvalue weighted by Gasteiger charge is -2.18. The molecule has 2 N–H and O–H groups in total. The van der Waals surface area contributed by atoms with Gasteiger partial charge in [0, 0.05) is 18.8 Å². The van der Waals surface area contributed by atoms with E-state index in [0.717, 1.165) is 24.7 Å². The van der Waals surface area contributed by atoms with E-state index in [0.29, 0.717) is 18.2 Å². The summed E-state index contributed by atoms with van der Waals surface area (Å²) in [5.74, 6) is -1.78. The number of aromatic nitrogens is 5. The van der Waals surface area contributed by atoms with Crippen LogP contribution in [0.5, 0.6) is 5.75 Å². The highest BCUT2D eigenvalue weighted by molar-refractivity contribution is 5.86. The summed E-state index contributed by atoms with van der Waals surface area (Å²) >= 11 is 0. The third kappa shape index (κ3) is 6.55. The fourth-order valence-corrected chi connectivity index (χ4v) is 3.99. The first-order chi connectivity index (χ1) is 18.7. The molecule has 0 spiro atoms. The van der Waals surface area contributed by atoms with Crippen LogP contribution in [0.4, 0.5) is 36.4 Å². The number of nitrogens with one attached hydrogen (secondary N) is 2. The highest BCUT2D eigenvalue weighted by Gasteiger charge is 2.37. The summed E-state index contributed by atoms with van der Waals surface area (Å²) in [6.07, 6.45) is -5.37. The van der Waals surface area contributed by atoms with Crippen LogP contribution < -0.4 is 21.2 Å². The Balaban J connectivity index is 1.46. The van der Waals surface area contributed by atoms with Gasteiger partial charge in [-0.1, -0.05) is 0 Å². The monoisotopic (exact) mass is 572 g/mol. The van der Waals surface area contributed by atoms with Gasteiger partial charge in [-0.25, -0.2) is 19.5 Å². The van der Waals surface area contributed by atoms with Gasteiger partial charge < -0.3 is 14.6 Å². The van der Waals surface area contributed by atoms with Crippen LogP contribution in [0.3, 0.4) is 0 Å². The average molecular weight is 572 g/mol. The van der Waals surface area contributed by atoms with Crippen LogP contribution in [-0.4, -0.2) is 37.1 Å². The normalized spacial score (nSPS) is 12.9. The fraction of sp³-hybridized carbons (Fsp3) is 0.292. The molecule has 0 aliphatic rings. The number of nitrogens with zero attached hydrogens (tertiary/aromatic N) is 4. The van der Waals surface area contributed by atoms with E-state index in [9.17, 15) is 40.3 Å². The molecule has 0 saturated carbocycles. The summed E-state index contributed by atoms with van der Waals surface area (Å²) in [7, 11) is 0. The van der Waals surface area contributed by atoms with Gasteiger partial charge in [0.05, 0.1) is 35.2 Å². The zero-order valence-electron chi connectivity index (χ0n) is 20.4. The maximum atomic E-state index is 14.8. The van der Waals surface area contributed by atoms with Crippen LogP contribution >= 0.6 is 0 Å². The fourth-order valence-electron chi connectivity index (χ4n) is 3.99. The molecule has 1 atom stereocenters. The SMILES string of the molecule is CC(CCCn1ccc2cc(-c3ncc(OC(F)(F)F)cn3)c(F)cc2c1=O)Nc1cn[nH]c(=O)c1C(F)(F)F. The number of alkyl halides is 6. The Kier molecular flexibility index (Phi) is 7.79. The first kappa shape index (κ1) is 28.5.